The molecule has 110 valence electrons. The number of hydrogen-bond acceptors (Lipinski definition) is 3. The lowest BCUT2D eigenvalue weighted by Crippen LogP contribution is -2.31. The van der Waals surface area contributed by atoms with Gasteiger partial charge in [-0.25, -0.2) is 4.68 Å². The third-order valence-corrected chi connectivity index (χ3v) is 3.50. The molecular formula is C16H20N4O. The number of amidine groups is 1. The maximum atomic E-state index is 12.2. The first-order valence-electron chi connectivity index (χ1n) is 6.98. The summed E-state index contributed by atoms with van der Waals surface area (Å²) in [5.74, 6) is -0.225. The van der Waals surface area contributed by atoms with Crippen molar-refractivity contribution in [1.29, 1.82) is 5.41 Å². The highest BCUT2D eigenvalue weighted by Crippen LogP contribution is 2.20. The van der Waals surface area contributed by atoms with Gasteiger partial charge in [0.25, 0.3) is 5.56 Å². The Morgan fingerprint density at radius 2 is 2.00 bits per heavy atom. The topological polar surface area (TPSA) is 84.8 Å². The van der Waals surface area contributed by atoms with Gasteiger partial charge >= 0.3 is 0 Å². The van der Waals surface area contributed by atoms with Gasteiger partial charge in [0.2, 0.25) is 0 Å². The summed E-state index contributed by atoms with van der Waals surface area (Å²) in [4.78, 5) is 12.2. The van der Waals surface area contributed by atoms with E-state index in [1.807, 2.05) is 39.0 Å². The van der Waals surface area contributed by atoms with Crippen LogP contribution in [0.3, 0.4) is 0 Å². The van der Waals surface area contributed by atoms with E-state index in [0.29, 0.717) is 12.2 Å². The molecule has 5 nitrogen and oxygen atoms in total. The van der Waals surface area contributed by atoms with E-state index in [1.54, 1.807) is 6.07 Å². The van der Waals surface area contributed by atoms with E-state index in [1.165, 1.54) is 10.2 Å². The summed E-state index contributed by atoms with van der Waals surface area (Å²) < 4.78 is 1.39. The van der Waals surface area contributed by atoms with Crippen LogP contribution < -0.4 is 11.3 Å². The number of benzene rings is 1. The zero-order valence-electron chi connectivity index (χ0n) is 12.6. The van der Waals surface area contributed by atoms with Crippen LogP contribution in [0.5, 0.6) is 0 Å². The monoisotopic (exact) mass is 284 g/mol. The van der Waals surface area contributed by atoms with Crippen molar-refractivity contribution < 1.29 is 0 Å². The number of nitrogens with two attached hydrogens (primary N) is 1. The van der Waals surface area contributed by atoms with Crippen LogP contribution in [0.1, 0.15) is 30.0 Å². The quantitative estimate of drug-likeness (QED) is 0.667. The predicted molar refractivity (Wildman–Crippen MR) is 84.7 cm³/mol. The van der Waals surface area contributed by atoms with Gasteiger partial charge in [-0.15, -0.1) is 0 Å². The minimum Gasteiger partial charge on any atom is -0.384 e. The molecule has 1 aromatic carbocycles. The second-order valence-electron chi connectivity index (χ2n) is 5.18. The van der Waals surface area contributed by atoms with Crippen LogP contribution in [0, 0.1) is 19.3 Å². The van der Waals surface area contributed by atoms with Gasteiger partial charge in [0.15, 0.2) is 0 Å². The Balaban J connectivity index is 2.65. The van der Waals surface area contributed by atoms with Crippen LogP contribution in [0.25, 0.3) is 11.3 Å². The van der Waals surface area contributed by atoms with Crippen molar-refractivity contribution in [2.45, 2.75) is 33.7 Å². The maximum Gasteiger partial charge on any atom is 0.277 e. The lowest BCUT2D eigenvalue weighted by atomic mass is 10.0. The van der Waals surface area contributed by atoms with Crippen LogP contribution >= 0.6 is 0 Å². The zero-order valence-corrected chi connectivity index (χ0v) is 12.6. The summed E-state index contributed by atoms with van der Waals surface area (Å²) >= 11 is 0. The SMILES string of the molecule is CCCn1nc(-c2ccc(C)c(C)c2)cc(C(=N)N)c1=O. The van der Waals surface area contributed by atoms with E-state index in [4.69, 9.17) is 11.1 Å². The first kappa shape index (κ1) is 15.0. The number of nitrogens with zero attached hydrogens (tertiary/aromatic N) is 2. The number of aryl methyl sites for hydroxylation is 3. The fourth-order valence-corrected chi connectivity index (χ4v) is 2.14. The predicted octanol–water partition coefficient (Wildman–Crippen LogP) is 2.22. The summed E-state index contributed by atoms with van der Waals surface area (Å²) in [6, 6.07) is 7.62. The highest BCUT2D eigenvalue weighted by Gasteiger charge is 2.12. The van der Waals surface area contributed by atoms with Crippen molar-refractivity contribution in [3.8, 4) is 11.3 Å². The molecule has 0 unspecified atom stereocenters. The molecule has 0 saturated carbocycles. The molecule has 0 saturated heterocycles. The smallest absolute Gasteiger partial charge is 0.277 e. The van der Waals surface area contributed by atoms with Crippen LogP contribution in [0.2, 0.25) is 0 Å². The Morgan fingerprint density at radius 3 is 2.57 bits per heavy atom. The lowest BCUT2D eigenvalue weighted by molar-refractivity contribution is 0.569. The molecule has 21 heavy (non-hydrogen) atoms. The number of hydrogen-bond donors (Lipinski definition) is 2. The largest absolute Gasteiger partial charge is 0.384 e. The molecule has 0 aliphatic carbocycles. The van der Waals surface area contributed by atoms with Gasteiger partial charge in [-0.2, -0.15) is 5.10 Å². The normalized spacial score (nSPS) is 10.6. The number of nitrogen functional groups attached to an aromatic ring is 1. The molecule has 5 heteroatoms. The van der Waals surface area contributed by atoms with E-state index >= 15 is 0 Å². The van der Waals surface area contributed by atoms with Crippen molar-refractivity contribution in [2.24, 2.45) is 5.73 Å². The van der Waals surface area contributed by atoms with Crippen LogP contribution in [-0.2, 0) is 6.54 Å². The first-order chi connectivity index (χ1) is 9.93. The van der Waals surface area contributed by atoms with Gasteiger partial charge in [-0.1, -0.05) is 19.1 Å². The summed E-state index contributed by atoms with van der Waals surface area (Å²) in [5, 5.41) is 12.0. The fourth-order valence-electron chi connectivity index (χ4n) is 2.14. The van der Waals surface area contributed by atoms with E-state index in [-0.39, 0.29) is 17.0 Å². The molecule has 0 radical (unpaired) electrons. The van der Waals surface area contributed by atoms with Crippen molar-refractivity contribution in [1.82, 2.24) is 9.78 Å². The molecule has 1 heterocycles. The van der Waals surface area contributed by atoms with E-state index in [2.05, 4.69) is 5.10 Å². The van der Waals surface area contributed by atoms with Crippen LogP contribution in [0.15, 0.2) is 29.1 Å². The van der Waals surface area contributed by atoms with E-state index < -0.39 is 0 Å². The molecule has 0 aliphatic heterocycles. The number of rotatable bonds is 4. The van der Waals surface area contributed by atoms with Crippen molar-refractivity contribution in [2.75, 3.05) is 0 Å². The Morgan fingerprint density at radius 1 is 1.29 bits per heavy atom. The summed E-state index contributed by atoms with van der Waals surface area (Å²) in [7, 11) is 0. The molecule has 0 amide bonds. The van der Waals surface area contributed by atoms with E-state index in [9.17, 15) is 4.79 Å². The van der Waals surface area contributed by atoms with Crippen LogP contribution in [-0.4, -0.2) is 15.6 Å². The fraction of sp³-hybridized carbons (Fsp3) is 0.312. The lowest BCUT2D eigenvalue weighted by Gasteiger charge is -2.10. The van der Waals surface area contributed by atoms with Crippen molar-refractivity contribution >= 4 is 5.84 Å². The molecule has 2 rings (SSSR count). The molecule has 0 fully saturated rings. The molecule has 3 N–H and O–H groups in total. The molecular weight excluding hydrogens is 264 g/mol. The molecule has 0 aliphatic rings. The molecule has 1 aromatic heterocycles. The number of nitrogens with one attached hydrogen (secondary N) is 1. The van der Waals surface area contributed by atoms with Crippen molar-refractivity contribution in [3.63, 3.8) is 0 Å². The highest BCUT2D eigenvalue weighted by molar-refractivity contribution is 5.95. The minimum atomic E-state index is -0.308. The van der Waals surface area contributed by atoms with Gasteiger partial charge in [-0.05, 0) is 43.5 Å². The number of aromatic nitrogens is 2. The first-order valence-corrected chi connectivity index (χ1v) is 6.98. The summed E-state index contributed by atoms with van der Waals surface area (Å²) in [6.07, 6.45) is 0.792. The van der Waals surface area contributed by atoms with Gasteiger partial charge in [0, 0.05) is 12.1 Å². The average molecular weight is 284 g/mol. The van der Waals surface area contributed by atoms with Crippen LogP contribution in [0.4, 0.5) is 0 Å². The van der Waals surface area contributed by atoms with Gasteiger partial charge in [0.1, 0.15) is 5.84 Å². The molecule has 0 bridgehead atoms. The second kappa shape index (κ2) is 5.91. The minimum absolute atomic E-state index is 0.201. The van der Waals surface area contributed by atoms with E-state index in [0.717, 1.165) is 17.5 Å². The molecule has 2 aromatic rings. The Bertz CT molecular complexity index is 746. The standard InChI is InChI=1S/C16H20N4O/c1-4-7-20-16(21)13(15(17)18)9-14(19-20)12-6-5-10(2)11(3)8-12/h5-6,8-9H,4,7H2,1-3H3,(H3,17,18). The summed E-state index contributed by atoms with van der Waals surface area (Å²) in [5.41, 5.74) is 9.36. The Hall–Kier alpha value is -2.43. The van der Waals surface area contributed by atoms with Crippen molar-refractivity contribution in [3.05, 3.63) is 51.3 Å². The second-order valence-corrected chi connectivity index (χ2v) is 5.18. The third kappa shape index (κ3) is 3.02. The zero-order chi connectivity index (χ0) is 15.6. The Labute approximate surface area is 123 Å². The van der Waals surface area contributed by atoms with Gasteiger partial charge < -0.3 is 5.73 Å². The Kier molecular flexibility index (Phi) is 4.21. The molecule has 0 atom stereocenters. The maximum absolute atomic E-state index is 12.2. The van der Waals surface area contributed by atoms with Gasteiger partial charge in [0.05, 0.1) is 11.3 Å². The van der Waals surface area contributed by atoms with Gasteiger partial charge in [-0.3, -0.25) is 10.2 Å². The molecule has 0 spiro atoms. The summed E-state index contributed by atoms with van der Waals surface area (Å²) in [6.45, 7) is 6.57. The average Bonchev–Trinajstić information content (AvgIpc) is 2.44. The third-order valence-electron chi connectivity index (χ3n) is 3.50. The highest BCUT2D eigenvalue weighted by atomic mass is 16.1.